The van der Waals surface area contributed by atoms with Gasteiger partial charge in [0.25, 0.3) is 0 Å². The van der Waals surface area contributed by atoms with Gasteiger partial charge in [-0.25, -0.2) is 0 Å². The Morgan fingerprint density at radius 2 is 2.07 bits per heavy atom. The molecular formula is C11H20ClNO. The Bertz CT molecular complexity index is 176. The number of piperidine rings is 1. The van der Waals surface area contributed by atoms with Crippen molar-refractivity contribution in [3.8, 4) is 0 Å². The second-order valence-corrected chi connectivity index (χ2v) is 4.43. The van der Waals surface area contributed by atoms with Crippen LogP contribution in [0.4, 0.5) is 0 Å². The Morgan fingerprint density at radius 3 is 2.57 bits per heavy atom. The number of rotatable bonds is 4. The van der Waals surface area contributed by atoms with E-state index in [0.29, 0.717) is 12.3 Å². The highest BCUT2D eigenvalue weighted by Crippen LogP contribution is 2.21. The number of nitrogens with zero attached hydrogens (tertiary/aromatic N) is 1. The first kappa shape index (κ1) is 11.8. The molecule has 0 saturated carbocycles. The van der Waals surface area contributed by atoms with Crippen LogP contribution in [0, 0.1) is 5.92 Å². The standard InChI is InChI=1S/C11H20ClNO/c1-2-3-10-5-8-13(9-6-10)11(14)4-7-12/h10H,2-9H2,1H3. The molecule has 1 rings (SSSR count). The summed E-state index contributed by atoms with van der Waals surface area (Å²) in [4.78, 5) is 13.5. The minimum Gasteiger partial charge on any atom is -0.343 e. The fourth-order valence-electron chi connectivity index (χ4n) is 2.12. The van der Waals surface area contributed by atoms with Crippen LogP contribution >= 0.6 is 11.6 Å². The number of likely N-dealkylation sites (tertiary alicyclic amines) is 1. The van der Waals surface area contributed by atoms with E-state index in [1.54, 1.807) is 0 Å². The van der Waals surface area contributed by atoms with Crippen LogP contribution in [0.25, 0.3) is 0 Å². The molecule has 0 N–H and O–H groups in total. The molecule has 1 heterocycles. The summed E-state index contributed by atoms with van der Waals surface area (Å²) in [5.41, 5.74) is 0. The SMILES string of the molecule is CCCC1CCN(C(=O)CCCl)CC1. The lowest BCUT2D eigenvalue weighted by molar-refractivity contribution is -0.132. The predicted octanol–water partition coefficient (Wildman–Crippen LogP) is 2.65. The van der Waals surface area contributed by atoms with Crippen LogP contribution < -0.4 is 0 Å². The molecule has 0 aromatic carbocycles. The molecule has 3 heteroatoms. The summed E-state index contributed by atoms with van der Waals surface area (Å²) in [6, 6.07) is 0. The van der Waals surface area contributed by atoms with Crippen molar-refractivity contribution < 1.29 is 4.79 Å². The highest BCUT2D eigenvalue weighted by molar-refractivity contribution is 6.18. The summed E-state index contributed by atoms with van der Waals surface area (Å²) in [5, 5.41) is 0. The van der Waals surface area contributed by atoms with E-state index in [0.717, 1.165) is 19.0 Å². The maximum Gasteiger partial charge on any atom is 0.223 e. The zero-order valence-corrected chi connectivity index (χ0v) is 9.72. The van der Waals surface area contributed by atoms with Crippen molar-refractivity contribution in [3.05, 3.63) is 0 Å². The van der Waals surface area contributed by atoms with Crippen molar-refractivity contribution in [1.82, 2.24) is 4.90 Å². The Balaban J connectivity index is 2.24. The molecule has 1 fully saturated rings. The molecular weight excluding hydrogens is 198 g/mol. The topological polar surface area (TPSA) is 20.3 Å². The molecule has 0 aromatic rings. The highest BCUT2D eigenvalue weighted by Gasteiger charge is 2.21. The summed E-state index contributed by atoms with van der Waals surface area (Å²) in [6.45, 7) is 4.12. The van der Waals surface area contributed by atoms with E-state index < -0.39 is 0 Å². The summed E-state index contributed by atoms with van der Waals surface area (Å²) >= 11 is 5.55. The molecule has 82 valence electrons. The van der Waals surface area contributed by atoms with E-state index >= 15 is 0 Å². The monoisotopic (exact) mass is 217 g/mol. The first-order chi connectivity index (χ1) is 6.77. The van der Waals surface area contributed by atoms with Gasteiger partial charge < -0.3 is 4.90 Å². The third kappa shape index (κ3) is 3.49. The summed E-state index contributed by atoms with van der Waals surface area (Å²) in [6.07, 6.45) is 5.45. The van der Waals surface area contributed by atoms with Gasteiger partial charge in [-0.2, -0.15) is 0 Å². The van der Waals surface area contributed by atoms with Crippen LogP contribution in [0.2, 0.25) is 0 Å². The van der Waals surface area contributed by atoms with Gasteiger partial charge in [0.1, 0.15) is 0 Å². The lowest BCUT2D eigenvalue weighted by atomic mass is 9.92. The van der Waals surface area contributed by atoms with Gasteiger partial charge in [0.2, 0.25) is 5.91 Å². The number of carbonyl (C=O) groups is 1. The molecule has 0 unspecified atom stereocenters. The Morgan fingerprint density at radius 1 is 1.43 bits per heavy atom. The molecule has 0 atom stereocenters. The van der Waals surface area contributed by atoms with E-state index in [-0.39, 0.29) is 5.91 Å². The van der Waals surface area contributed by atoms with Crippen LogP contribution in [0.5, 0.6) is 0 Å². The number of alkyl halides is 1. The summed E-state index contributed by atoms with van der Waals surface area (Å²) < 4.78 is 0. The van der Waals surface area contributed by atoms with Gasteiger partial charge in [0.15, 0.2) is 0 Å². The van der Waals surface area contributed by atoms with Gasteiger partial charge in [-0.15, -0.1) is 11.6 Å². The van der Waals surface area contributed by atoms with Crippen LogP contribution in [0.3, 0.4) is 0 Å². The molecule has 0 bridgehead atoms. The summed E-state index contributed by atoms with van der Waals surface area (Å²) in [7, 11) is 0. The number of carbonyl (C=O) groups excluding carboxylic acids is 1. The molecule has 1 aliphatic rings. The maximum atomic E-state index is 11.5. The van der Waals surface area contributed by atoms with Crippen LogP contribution in [-0.4, -0.2) is 29.8 Å². The largest absolute Gasteiger partial charge is 0.343 e. The quantitative estimate of drug-likeness (QED) is 0.663. The zero-order chi connectivity index (χ0) is 10.4. The fraction of sp³-hybridized carbons (Fsp3) is 0.909. The second-order valence-electron chi connectivity index (χ2n) is 4.05. The van der Waals surface area contributed by atoms with Crippen LogP contribution in [0.1, 0.15) is 39.0 Å². The van der Waals surface area contributed by atoms with Crippen molar-refractivity contribution in [3.63, 3.8) is 0 Å². The molecule has 14 heavy (non-hydrogen) atoms. The Hall–Kier alpha value is -0.240. The third-order valence-electron chi connectivity index (χ3n) is 2.97. The molecule has 0 aromatic heterocycles. The Kier molecular flexibility index (Phi) is 5.31. The van der Waals surface area contributed by atoms with Crippen molar-refractivity contribution in [2.24, 2.45) is 5.92 Å². The molecule has 0 radical (unpaired) electrons. The first-order valence-electron chi connectivity index (χ1n) is 5.61. The third-order valence-corrected chi connectivity index (χ3v) is 3.16. The number of hydrogen-bond acceptors (Lipinski definition) is 1. The van der Waals surface area contributed by atoms with Gasteiger partial charge in [0, 0.05) is 25.4 Å². The molecule has 1 amide bonds. The van der Waals surface area contributed by atoms with Crippen molar-refractivity contribution in [2.75, 3.05) is 19.0 Å². The minimum absolute atomic E-state index is 0.231. The minimum atomic E-state index is 0.231. The van der Waals surface area contributed by atoms with E-state index in [9.17, 15) is 4.79 Å². The van der Waals surface area contributed by atoms with Crippen molar-refractivity contribution >= 4 is 17.5 Å². The maximum absolute atomic E-state index is 11.5. The number of hydrogen-bond donors (Lipinski definition) is 0. The zero-order valence-electron chi connectivity index (χ0n) is 8.97. The molecule has 0 spiro atoms. The average molecular weight is 218 g/mol. The van der Waals surface area contributed by atoms with Gasteiger partial charge in [-0.3, -0.25) is 4.79 Å². The summed E-state index contributed by atoms with van der Waals surface area (Å²) in [5.74, 6) is 1.53. The molecule has 1 saturated heterocycles. The Labute approximate surface area is 91.6 Å². The highest BCUT2D eigenvalue weighted by atomic mass is 35.5. The predicted molar refractivity (Wildman–Crippen MR) is 59.5 cm³/mol. The van der Waals surface area contributed by atoms with Gasteiger partial charge in [-0.05, 0) is 18.8 Å². The van der Waals surface area contributed by atoms with Gasteiger partial charge >= 0.3 is 0 Å². The lowest BCUT2D eigenvalue weighted by Gasteiger charge is -2.31. The van der Waals surface area contributed by atoms with E-state index in [1.165, 1.54) is 25.7 Å². The fourth-order valence-corrected chi connectivity index (χ4v) is 2.28. The number of halogens is 1. The molecule has 2 nitrogen and oxygen atoms in total. The van der Waals surface area contributed by atoms with Crippen LogP contribution in [-0.2, 0) is 4.79 Å². The second kappa shape index (κ2) is 6.28. The molecule has 1 aliphatic heterocycles. The van der Waals surface area contributed by atoms with E-state index in [4.69, 9.17) is 11.6 Å². The molecule has 0 aliphatic carbocycles. The van der Waals surface area contributed by atoms with Gasteiger partial charge in [0.05, 0.1) is 0 Å². The normalized spacial score (nSPS) is 18.6. The van der Waals surface area contributed by atoms with E-state index in [1.807, 2.05) is 4.90 Å². The van der Waals surface area contributed by atoms with Crippen molar-refractivity contribution in [1.29, 1.82) is 0 Å². The smallest absolute Gasteiger partial charge is 0.223 e. The lowest BCUT2D eigenvalue weighted by Crippen LogP contribution is -2.38. The average Bonchev–Trinajstić information content (AvgIpc) is 2.20. The van der Waals surface area contributed by atoms with E-state index in [2.05, 4.69) is 6.92 Å². The van der Waals surface area contributed by atoms with Crippen molar-refractivity contribution in [2.45, 2.75) is 39.0 Å². The first-order valence-corrected chi connectivity index (χ1v) is 6.15. The van der Waals surface area contributed by atoms with Crippen LogP contribution in [0.15, 0.2) is 0 Å². The number of amides is 1. The van der Waals surface area contributed by atoms with Gasteiger partial charge in [-0.1, -0.05) is 19.8 Å².